The van der Waals surface area contributed by atoms with Crippen LogP contribution in [0.5, 0.6) is 0 Å². The molecule has 1 aromatic carbocycles. The minimum atomic E-state index is -0.253. The van der Waals surface area contributed by atoms with Crippen LogP contribution in [-0.2, 0) is 12.8 Å². The number of rotatable bonds is 2. The predicted molar refractivity (Wildman–Crippen MR) is 87.2 cm³/mol. The molecule has 1 atom stereocenters. The third kappa shape index (κ3) is 2.72. The fourth-order valence-corrected chi connectivity index (χ4v) is 3.90. The molecule has 24 heavy (non-hydrogen) atoms. The molecule has 2 heterocycles. The van der Waals surface area contributed by atoms with Crippen LogP contribution < -0.4 is 0 Å². The number of hydrogen-bond acceptors (Lipinski definition) is 3. The van der Waals surface area contributed by atoms with Gasteiger partial charge in [0.25, 0.3) is 5.91 Å². The average Bonchev–Trinajstić information content (AvgIpc) is 3.06. The van der Waals surface area contributed by atoms with E-state index >= 15 is 0 Å². The monoisotopic (exact) mass is 328 g/mol. The molecule has 5 heteroatoms. The molecule has 0 spiro atoms. The van der Waals surface area contributed by atoms with Gasteiger partial charge in [-0.05, 0) is 62.6 Å². The Labute approximate surface area is 140 Å². The van der Waals surface area contributed by atoms with E-state index < -0.39 is 0 Å². The van der Waals surface area contributed by atoms with Crippen molar-refractivity contribution in [2.24, 2.45) is 0 Å². The molecule has 0 radical (unpaired) electrons. The number of aryl methyl sites for hydroxylation is 1. The zero-order valence-electron chi connectivity index (χ0n) is 13.6. The summed E-state index contributed by atoms with van der Waals surface area (Å²) >= 11 is 0. The van der Waals surface area contributed by atoms with Gasteiger partial charge in [0.05, 0.1) is 11.7 Å². The van der Waals surface area contributed by atoms with Crippen LogP contribution >= 0.6 is 0 Å². The molecule has 0 bridgehead atoms. The first kappa shape index (κ1) is 15.4. The number of carbonyl (C=O) groups is 1. The van der Waals surface area contributed by atoms with E-state index in [0.717, 1.165) is 61.8 Å². The van der Waals surface area contributed by atoms with Crippen molar-refractivity contribution in [2.45, 2.75) is 51.0 Å². The quantitative estimate of drug-likeness (QED) is 0.835. The Morgan fingerprint density at radius 2 is 1.92 bits per heavy atom. The van der Waals surface area contributed by atoms with Crippen LogP contribution in [0.25, 0.3) is 0 Å². The Morgan fingerprint density at radius 1 is 1.12 bits per heavy atom. The van der Waals surface area contributed by atoms with E-state index in [1.165, 1.54) is 12.1 Å². The number of likely N-dealkylation sites (tertiary alicyclic amines) is 1. The van der Waals surface area contributed by atoms with Crippen LogP contribution in [0.3, 0.4) is 0 Å². The molecule has 1 amide bonds. The van der Waals surface area contributed by atoms with Crippen molar-refractivity contribution in [1.82, 2.24) is 10.1 Å². The van der Waals surface area contributed by atoms with Crippen molar-refractivity contribution >= 4 is 5.91 Å². The number of nitrogens with zero attached hydrogens (tertiary/aromatic N) is 2. The van der Waals surface area contributed by atoms with Crippen molar-refractivity contribution in [3.8, 4) is 0 Å². The van der Waals surface area contributed by atoms with Crippen LogP contribution in [0, 0.1) is 5.82 Å². The van der Waals surface area contributed by atoms with E-state index in [-0.39, 0.29) is 17.8 Å². The second-order valence-corrected chi connectivity index (χ2v) is 6.71. The molecule has 0 saturated carbocycles. The Morgan fingerprint density at radius 3 is 2.75 bits per heavy atom. The summed E-state index contributed by atoms with van der Waals surface area (Å²) in [7, 11) is 0. The first-order chi connectivity index (χ1) is 11.7. The summed E-state index contributed by atoms with van der Waals surface area (Å²) in [5, 5.41) is 4.11. The maximum atomic E-state index is 13.2. The second-order valence-electron chi connectivity index (χ2n) is 6.71. The fourth-order valence-electron chi connectivity index (χ4n) is 3.90. The topological polar surface area (TPSA) is 46.3 Å². The second kappa shape index (κ2) is 6.38. The summed E-state index contributed by atoms with van der Waals surface area (Å²) < 4.78 is 18.7. The number of halogens is 1. The first-order valence-electron chi connectivity index (χ1n) is 8.78. The molecule has 1 saturated heterocycles. The molecule has 1 aliphatic carbocycles. The molecule has 126 valence electrons. The summed E-state index contributed by atoms with van der Waals surface area (Å²) in [6.07, 6.45) is 6.90. The van der Waals surface area contributed by atoms with E-state index in [1.807, 2.05) is 4.90 Å². The molecule has 4 nitrogen and oxygen atoms in total. The van der Waals surface area contributed by atoms with Gasteiger partial charge in [0.2, 0.25) is 5.76 Å². The first-order valence-corrected chi connectivity index (χ1v) is 8.78. The Balaban J connectivity index is 1.64. The molecule has 2 aromatic rings. The highest BCUT2D eigenvalue weighted by Crippen LogP contribution is 2.34. The summed E-state index contributed by atoms with van der Waals surface area (Å²) in [5.74, 6) is 0.0927. The highest BCUT2D eigenvalue weighted by Gasteiger charge is 2.33. The largest absolute Gasteiger partial charge is 0.350 e. The zero-order valence-corrected chi connectivity index (χ0v) is 13.6. The average molecular weight is 328 g/mol. The third-order valence-corrected chi connectivity index (χ3v) is 5.17. The fraction of sp³-hybridized carbons (Fsp3) is 0.474. The van der Waals surface area contributed by atoms with E-state index in [1.54, 1.807) is 12.1 Å². The minimum Gasteiger partial charge on any atom is -0.350 e. The van der Waals surface area contributed by atoms with Crippen LogP contribution in [0.4, 0.5) is 4.39 Å². The lowest BCUT2D eigenvalue weighted by atomic mass is 9.93. The lowest BCUT2D eigenvalue weighted by Crippen LogP contribution is -2.38. The highest BCUT2D eigenvalue weighted by atomic mass is 19.1. The van der Waals surface area contributed by atoms with E-state index in [0.29, 0.717) is 12.3 Å². The van der Waals surface area contributed by atoms with Crippen molar-refractivity contribution in [3.05, 3.63) is 52.7 Å². The standard InChI is InChI=1S/C19H21FN2O2/c20-14-10-8-13(9-11-14)17-7-3-4-12-22(17)19(23)18-15-5-1-2-6-16(15)21-24-18/h8-11,17H,1-7,12H2/t17-/m0/s1. The molecular weight excluding hydrogens is 307 g/mol. The maximum Gasteiger partial charge on any atom is 0.293 e. The maximum absolute atomic E-state index is 13.2. The summed E-state index contributed by atoms with van der Waals surface area (Å²) in [5.41, 5.74) is 2.92. The molecule has 1 fully saturated rings. The SMILES string of the molecule is O=C(c1onc2c1CCCC2)N1CCCC[C@H]1c1ccc(F)cc1. The van der Waals surface area contributed by atoms with Gasteiger partial charge in [-0.2, -0.15) is 0 Å². The lowest BCUT2D eigenvalue weighted by molar-refractivity contribution is 0.0567. The van der Waals surface area contributed by atoms with E-state index in [4.69, 9.17) is 4.52 Å². The number of piperidine rings is 1. The van der Waals surface area contributed by atoms with Gasteiger partial charge in [-0.25, -0.2) is 4.39 Å². The summed E-state index contributed by atoms with van der Waals surface area (Å²) in [6, 6.07) is 6.46. The van der Waals surface area contributed by atoms with Gasteiger partial charge >= 0.3 is 0 Å². The molecule has 1 aliphatic heterocycles. The van der Waals surface area contributed by atoms with Gasteiger partial charge < -0.3 is 9.42 Å². The van der Waals surface area contributed by atoms with E-state index in [9.17, 15) is 9.18 Å². The van der Waals surface area contributed by atoms with Gasteiger partial charge in [0, 0.05) is 12.1 Å². The number of amides is 1. The van der Waals surface area contributed by atoms with Crippen LogP contribution in [0.15, 0.2) is 28.8 Å². The predicted octanol–water partition coefficient (Wildman–Crippen LogP) is 4.06. The number of fused-ring (bicyclic) bond motifs is 1. The number of benzene rings is 1. The molecule has 1 aromatic heterocycles. The van der Waals surface area contributed by atoms with Crippen molar-refractivity contribution in [1.29, 1.82) is 0 Å². The van der Waals surface area contributed by atoms with Gasteiger partial charge in [0.15, 0.2) is 0 Å². The minimum absolute atomic E-state index is 0.0174. The molecular formula is C19H21FN2O2. The van der Waals surface area contributed by atoms with Gasteiger partial charge in [0.1, 0.15) is 5.82 Å². The Hall–Kier alpha value is -2.17. The Kier molecular flexibility index (Phi) is 4.08. The van der Waals surface area contributed by atoms with Gasteiger partial charge in [-0.15, -0.1) is 0 Å². The molecule has 2 aliphatic rings. The normalized spacial score (nSPS) is 20.7. The van der Waals surface area contributed by atoms with Crippen molar-refractivity contribution < 1.29 is 13.7 Å². The lowest BCUT2D eigenvalue weighted by Gasteiger charge is -2.35. The highest BCUT2D eigenvalue weighted by molar-refractivity contribution is 5.93. The van der Waals surface area contributed by atoms with Crippen LogP contribution in [0.2, 0.25) is 0 Å². The number of aromatic nitrogens is 1. The third-order valence-electron chi connectivity index (χ3n) is 5.17. The molecule has 0 N–H and O–H groups in total. The molecule has 0 unspecified atom stereocenters. The molecule has 4 rings (SSSR count). The number of carbonyl (C=O) groups excluding carboxylic acids is 1. The van der Waals surface area contributed by atoms with Gasteiger partial charge in [-0.3, -0.25) is 4.79 Å². The van der Waals surface area contributed by atoms with Crippen LogP contribution in [-0.4, -0.2) is 22.5 Å². The zero-order chi connectivity index (χ0) is 16.5. The van der Waals surface area contributed by atoms with Crippen LogP contribution in [0.1, 0.15) is 65.5 Å². The Bertz CT molecular complexity index is 738. The summed E-state index contributed by atoms with van der Waals surface area (Å²) in [4.78, 5) is 15.0. The van der Waals surface area contributed by atoms with Gasteiger partial charge in [-0.1, -0.05) is 17.3 Å². The van der Waals surface area contributed by atoms with E-state index in [2.05, 4.69) is 5.16 Å². The smallest absolute Gasteiger partial charge is 0.293 e. The summed E-state index contributed by atoms with van der Waals surface area (Å²) in [6.45, 7) is 0.705. The van der Waals surface area contributed by atoms with Crippen molar-refractivity contribution in [2.75, 3.05) is 6.54 Å². The number of hydrogen-bond donors (Lipinski definition) is 0. The van der Waals surface area contributed by atoms with Crippen molar-refractivity contribution in [3.63, 3.8) is 0 Å².